The van der Waals surface area contributed by atoms with Gasteiger partial charge >= 0.3 is 24.1 Å². The summed E-state index contributed by atoms with van der Waals surface area (Å²) in [6.07, 6.45) is -4.54. The van der Waals surface area contributed by atoms with E-state index in [1.54, 1.807) is 45.0 Å². The van der Waals surface area contributed by atoms with Crippen LogP contribution in [0, 0.1) is 0 Å². The number of alkyl carbamates (subject to hydrolysis) is 1. The number of halogens is 7. The number of rotatable bonds is 5. The molecule has 0 spiro atoms. The van der Waals surface area contributed by atoms with E-state index in [1.807, 2.05) is 5.32 Å². The third kappa shape index (κ3) is 5.24. The van der Waals surface area contributed by atoms with Gasteiger partial charge in [-0.25, -0.2) is 4.79 Å². The molecule has 1 aliphatic rings. The highest BCUT2D eigenvalue weighted by Crippen LogP contribution is 2.46. The Morgan fingerprint density at radius 3 is 2.20 bits per heavy atom. The van der Waals surface area contributed by atoms with E-state index in [4.69, 9.17) is 4.74 Å². The molecule has 30 heavy (non-hydrogen) atoms. The molecule has 0 radical (unpaired) electrons. The van der Waals surface area contributed by atoms with Crippen LogP contribution in [0.2, 0.25) is 0 Å². The van der Waals surface area contributed by atoms with E-state index in [0.29, 0.717) is 11.1 Å². The Bertz CT molecular complexity index is 801. The van der Waals surface area contributed by atoms with Gasteiger partial charge in [0.2, 0.25) is 0 Å². The van der Waals surface area contributed by atoms with Crippen LogP contribution < -0.4 is 10.6 Å². The minimum Gasteiger partial charge on any atom is -0.444 e. The molecule has 0 aromatic heterocycles. The Morgan fingerprint density at radius 1 is 1.03 bits per heavy atom. The Kier molecular flexibility index (Phi) is 6.46. The number of ether oxygens (including phenoxy) is 1. The van der Waals surface area contributed by atoms with Gasteiger partial charge in [-0.1, -0.05) is 36.4 Å². The first-order valence-electron chi connectivity index (χ1n) is 8.87. The lowest BCUT2D eigenvalue weighted by molar-refractivity contribution is -0.352. The quantitative estimate of drug-likeness (QED) is 0.626. The maximum atomic E-state index is 13.7. The van der Waals surface area contributed by atoms with Crippen molar-refractivity contribution in [1.82, 2.24) is 10.6 Å². The van der Waals surface area contributed by atoms with Crippen LogP contribution in [0.25, 0.3) is 6.08 Å². The Hall–Kier alpha value is -2.30. The van der Waals surface area contributed by atoms with Crippen molar-refractivity contribution in [2.75, 3.05) is 6.54 Å². The van der Waals surface area contributed by atoms with E-state index >= 15 is 0 Å². The van der Waals surface area contributed by atoms with Gasteiger partial charge in [0.05, 0.1) is 18.6 Å². The van der Waals surface area contributed by atoms with Crippen molar-refractivity contribution in [1.29, 1.82) is 0 Å². The van der Waals surface area contributed by atoms with Gasteiger partial charge in [-0.05, 0) is 31.9 Å². The Labute approximate surface area is 168 Å². The summed E-state index contributed by atoms with van der Waals surface area (Å²) >= 11 is 0. The van der Waals surface area contributed by atoms with Gasteiger partial charge in [0, 0.05) is 0 Å². The van der Waals surface area contributed by atoms with Gasteiger partial charge in [0.25, 0.3) is 0 Å². The van der Waals surface area contributed by atoms with Crippen LogP contribution in [0.1, 0.15) is 37.9 Å². The fourth-order valence-corrected chi connectivity index (χ4v) is 2.81. The molecule has 0 aliphatic heterocycles. The third-order valence-corrected chi connectivity index (χ3v) is 4.22. The van der Waals surface area contributed by atoms with Gasteiger partial charge in [-0.3, -0.25) is 0 Å². The highest BCUT2D eigenvalue weighted by molar-refractivity contribution is 5.70. The summed E-state index contributed by atoms with van der Waals surface area (Å²) < 4.78 is 95.9. The molecule has 0 unspecified atom stereocenters. The normalized spacial score (nSPS) is 19.9. The van der Waals surface area contributed by atoms with E-state index < -0.39 is 48.3 Å². The predicted octanol–water partition coefficient (Wildman–Crippen LogP) is 5.07. The standard InChI is InChI=1S/C19H21F7N2O2/c1-16(2,3)30-15(29)28-14-12-7-5-4-6-11(12)8-9-13(14)27-10-17(20,21)18(22,23)19(24,25)26/h4-9,13-14,27H,10H2,1-3H3,(H,28,29)/t13-,14-/m1/s1. The summed E-state index contributed by atoms with van der Waals surface area (Å²) in [5, 5.41) is 4.47. The average molecular weight is 442 g/mol. The molecule has 0 saturated carbocycles. The minimum absolute atomic E-state index is 0.453. The van der Waals surface area contributed by atoms with Crippen LogP contribution in [0.15, 0.2) is 30.3 Å². The van der Waals surface area contributed by atoms with Crippen LogP contribution in [-0.2, 0) is 4.74 Å². The molecule has 4 nitrogen and oxygen atoms in total. The third-order valence-electron chi connectivity index (χ3n) is 4.22. The molecule has 1 amide bonds. The van der Waals surface area contributed by atoms with Crippen LogP contribution >= 0.6 is 0 Å². The topological polar surface area (TPSA) is 50.4 Å². The summed E-state index contributed by atoms with van der Waals surface area (Å²) in [7, 11) is 0. The molecule has 1 aliphatic carbocycles. The first kappa shape index (κ1) is 24.0. The monoisotopic (exact) mass is 442 g/mol. The van der Waals surface area contributed by atoms with Crippen molar-refractivity contribution >= 4 is 12.2 Å². The predicted molar refractivity (Wildman–Crippen MR) is 95.3 cm³/mol. The second kappa shape index (κ2) is 8.09. The molecule has 11 heteroatoms. The Morgan fingerprint density at radius 2 is 1.63 bits per heavy atom. The van der Waals surface area contributed by atoms with Crippen molar-refractivity contribution in [3.63, 3.8) is 0 Å². The number of fused-ring (bicyclic) bond motifs is 1. The number of carbonyl (C=O) groups is 1. The molecule has 0 bridgehead atoms. The zero-order valence-corrected chi connectivity index (χ0v) is 16.3. The maximum absolute atomic E-state index is 13.7. The molecule has 0 heterocycles. The molecule has 1 aromatic carbocycles. The fourth-order valence-electron chi connectivity index (χ4n) is 2.81. The number of nitrogens with one attached hydrogen (secondary N) is 2. The van der Waals surface area contributed by atoms with Crippen molar-refractivity contribution in [3.8, 4) is 0 Å². The molecular weight excluding hydrogens is 421 g/mol. The summed E-state index contributed by atoms with van der Waals surface area (Å²) in [5.41, 5.74) is 0.192. The van der Waals surface area contributed by atoms with E-state index in [0.717, 1.165) is 0 Å². The van der Waals surface area contributed by atoms with Gasteiger partial charge in [-0.15, -0.1) is 0 Å². The number of benzene rings is 1. The summed E-state index contributed by atoms with van der Waals surface area (Å²) in [4.78, 5) is 12.2. The first-order valence-corrected chi connectivity index (χ1v) is 8.87. The summed E-state index contributed by atoms with van der Waals surface area (Å²) in [5.74, 6) is -11.6. The molecule has 1 aromatic rings. The number of amides is 1. The number of hydrogen-bond acceptors (Lipinski definition) is 3. The second-order valence-electron chi connectivity index (χ2n) is 7.80. The lowest BCUT2D eigenvalue weighted by atomic mass is 9.89. The molecule has 0 fully saturated rings. The number of carbonyl (C=O) groups excluding carboxylic acids is 1. The number of alkyl halides is 7. The van der Waals surface area contributed by atoms with Crippen molar-refractivity contribution < 1.29 is 40.3 Å². The van der Waals surface area contributed by atoms with E-state index in [1.165, 1.54) is 12.2 Å². The summed E-state index contributed by atoms with van der Waals surface area (Å²) in [6, 6.07) is 4.28. The average Bonchev–Trinajstić information content (AvgIpc) is 2.58. The SMILES string of the molecule is CC(C)(C)OC(=O)N[C@@H]1c2ccccc2C=C[C@H]1NCC(F)(F)C(F)(F)C(F)(F)F. The molecule has 0 saturated heterocycles. The lowest BCUT2D eigenvalue weighted by Gasteiger charge is -2.34. The van der Waals surface area contributed by atoms with Crippen molar-refractivity contribution in [3.05, 3.63) is 41.5 Å². The molecule has 2 atom stereocenters. The maximum Gasteiger partial charge on any atom is 0.459 e. The molecular formula is C19H21F7N2O2. The zero-order chi connectivity index (χ0) is 23.0. The highest BCUT2D eigenvalue weighted by Gasteiger charge is 2.72. The van der Waals surface area contributed by atoms with Gasteiger partial charge in [0.15, 0.2) is 0 Å². The Balaban J connectivity index is 2.24. The van der Waals surface area contributed by atoms with Crippen molar-refractivity contribution in [2.45, 2.75) is 56.5 Å². The molecule has 168 valence electrons. The van der Waals surface area contributed by atoms with Crippen LogP contribution in [0.5, 0.6) is 0 Å². The fraction of sp³-hybridized carbons (Fsp3) is 0.526. The zero-order valence-electron chi connectivity index (χ0n) is 16.3. The summed E-state index contributed by atoms with van der Waals surface area (Å²) in [6.45, 7) is 2.81. The largest absolute Gasteiger partial charge is 0.459 e. The lowest BCUT2D eigenvalue weighted by Crippen LogP contribution is -2.58. The van der Waals surface area contributed by atoms with Gasteiger partial charge in [-0.2, -0.15) is 30.7 Å². The van der Waals surface area contributed by atoms with E-state index in [-0.39, 0.29) is 0 Å². The van der Waals surface area contributed by atoms with Gasteiger partial charge in [0.1, 0.15) is 5.60 Å². The van der Waals surface area contributed by atoms with E-state index in [2.05, 4.69) is 5.32 Å². The number of hydrogen-bond donors (Lipinski definition) is 2. The van der Waals surface area contributed by atoms with Crippen LogP contribution in [-0.4, -0.2) is 42.3 Å². The smallest absolute Gasteiger partial charge is 0.444 e. The van der Waals surface area contributed by atoms with Gasteiger partial charge < -0.3 is 15.4 Å². The van der Waals surface area contributed by atoms with E-state index in [9.17, 15) is 35.5 Å². The first-order chi connectivity index (χ1) is 13.6. The van der Waals surface area contributed by atoms with Crippen LogP contribution in [0.3, 0.4) is 0 Å². The highest BCUT2D eigenvalue weighted by atomic mass is 19.4. The minimum atomic E-state index is -6.42. The van der Waals surface area contributed by atoms with Crippen molar-refractivity contribution in [2.24, 2.45) is 0 Å². The second-order valence-corrected chi connectivity index (χ2v) is 7.80. The van der Waals surface area contributed by atoms with Crippen LogP contribution in [0.4, 0.5) is 35.5 Å². The molecule has 2 N–H and O–H groups in total. The molecule has 2 rings (SSSR count).